The van der Waals surface area contributed by atoms with Crippen molar-refractivity contribution in [2.75, 3.05) is 44.9 Å². The zero-order valence-corrected chi connectivity index (χ0v) is 22.0. The third-order valence-corrected chi connectivity index (χ3v) is 5.51. The van der Waals surface area contributed by atoms with E-state index in [-0.39, 0.29) is 12.6 Å². The lowest BCUT2D eigenvalue weighted by Crippen LogP contribution is -2.22. The highest BCUT2D eigenvalue weighted by Gasteiger charge is 2.29. The number of ether oxygens (including phenoxy) is 3. The number of guanidine groups is 1. The zero-order chi connectivity index (χ0) is 27.9. The van der Waals surface area contributed by atoms with Gasteiger partial charge in [0.25, 0.3) is 0 Å². The molecule has 0 saturated carbocycles. The van der Waals surface area contributed by atoms with E-state index in [0.29, 0.717) is 31.2 Å². The summed E-state index contributed by atoms with van der Waals surface area (Å²) in [6.07, 6.45) is -1.80. The molecule has 0 fully saturated rings. The Hall–Kier alpha value is -3.64. The van der Waals surface area contributed by atoms with Crippen molar-refractivity contribution < 1.29 is 27.4 Å². The number of halogens is 3. The molecule has 0 spiro atoms. The fourth-order valence-electron chi connectivity index (χ4n) is 3.50. The first-order valence-corrected chi connectivity index (χ1v) is 12.8. The van der Waals surface area contributed by atoms with Crippen LogP contribution in [-0.4, -0.2) is 64.5 Å². The summed E-state index contributed by atoms with van der Waals surface area (Å²) in [5.74, 6) is 1.48. The molecule has 0 amide bonds. The van der Waals surface area contributed by atoms with Crippen LogP contribution in [-0.2, 0) is 11.3 Å². The maximum absolute atomic E-state index is 12.6. The van der Waals surface area contributed by atoms with Crippen LogP contribution in [0.3, 0.4) is 0 Å². The predicted octanol–water partition coefficient (Wildman–Crippen LogP) is 4.68. The number of nitrogens with zero attached hydrogens (tertiary/aromatic N) is 3. The summed E-state index contributed by atoms with van der Waals surface area (Å²) >= 11 is 0. The fourth-order valence-corrected chi connectivity index (χ4v) is 3.50. The van der Waals surface area contributed by atoms with Gasteiger partial charge in [-0.25, -0.2) is 9.98 Å². The van der Waals surface area contributed by atoms with Crippen molar-refractivity contribution >= 4 is 24.4 Å². The van der Waals surface area contributed by atoms with Gasteiger partial charge in [-0.05, 0) is 75.3 Å². The van der Waals surface area contributed by atoms with E-state index in [1.165, 1.54) is 0 Å². The molecule has 12 heteroatoms. The van der Waals surface area contributed by atoms with Crippen LogP contribution in [0.5, 0.6) is 11.5 Å². The Labute approximate surface area is 226 Å². The average Bonchev–Trinajstić information content (AvgIpc) is 2.91. The topological polar surface area (TPSA) is 101 Å². The van der Waals surface area contributed by atoms with Crippen molar-refractivity contribution in [1.29, 1.82) is 0 Å². The number of benzene rings is 2. The second kappa shape index (κ2) is 15.7. The zero-order valence-electron chi connectivity index (χ0n) is 22.0. The Balaban J connectivity index is 1.78. The molecule has 0 unspecified atom stereocenters. The Morgan fingerprint density at radius 1 is 1.03 bits per heavy atom. The van der Waals surface area contributed by atoms with Crippen LogP contribution in [0.4, 0.5) is 18.9 Å². The van der Waals surface area contributed by atoms with Gasteiger partial charge in [-0.1, -0.05) is 18.2 Å². The highest BCUT2D eigenvalue weighted by atomic mass is 19.4. The van der Waals surface area contributed by atoms with Crippen molar-refractivity contribution in [2.24, 2.45) is 15.0 Å². The molecule has 0 radical (unpaired) electrons. The van der Waals surface area contributed by atoms with Crippen LogP contribution >= 0.6 is 0 Å². The number of amidine groups is 1. The normalized spacial score (nSPS) is 18.1. The molecule has 3 N–H and O–H groups in total. The second-order valence-electron chi connectivity index (χ2n) is 8.78. The van der Waals surface area contributed by atoms with Crippen LogP contribution in [0.2, 0.25) is 0 Å². The van der Waals surface area contributed by atoms with Crippen molar-refractivity contribution in [3.63, 3.8) is 0 Å². The summed E-state index contributed by atoms with van der Waals surface area (Å²) in [5, 5.41) is 9.60. The third kappa shape index (κ3) is 11.7. The summed E-state index contributed by atoms with van der Waals surface area (Å²) in [7, 11) is 0. The van der Waals surface area contributed by atoms with Crippen molar-refractivity contribution in [1.82, 2.24) is 10.6 Å². The predicted molar refractivity (Wildman–Crippen MR) is 147 cm³/mol. The second-order valence-corrected chi connectivity index (χ2v) is 8.78. The third-order valence-electron chi connectivity index (χ3n) is 5.51. The summed E-state index contributed by atoms with van der Waals surface area (Å²) < 4.78 is 54.4. The number of rotatable bonds is 1. The van der Waals surface area contributed by atoms with E-state index < -0.39 is 18.8 Å². The maximum Gasteiger partial charge on any atom is 0.422 e. The molecule has 0 aliphatic carbocycles. The van der Waals surface area contributed by atoms with Gasteiger partial charge in [-0.15, -0.1) is 0 Å². The van der Waals surface area contributed by atoms with Crippen LogP contribution in [0.1, 0.15) is 30.4 Å². The first-order chi connectivity index (χ1) is 18.8. The number of aliphatic imine (C=N–C) groups is 3. The van der Waals surface area contributed by atoms with E-state index in [2.05, 4.69) is 42.4 Å². The highest BCUT2D eigenvalue weighted by Crippen LogP contribution is 2.23. The molecule has 2 aromatic rings. The maximum atomic E-state index is 12.6. The highest BCUT2D eigenvalue weighted by molar-refractivity contribution is 6.01. The molecular formula is C27H35F3N6O3. The molecule has 2 aliphatic rings. The minimum absolute atomic E-state index is 0.00454. The number of anilines is 1. The lowest BCUT2D eigenvalue weighted by atomic mass is 10.2. The standard InChI is InChI=1S/C27H35F3N6O3/c1-20-6-9-22-16-24(20)38-14-4-3-12-32-13-5-15-37-23-10-7-21(8-11-23)17-33-19-34-25(35-22)36-26(31-2)39-18-27(28,29)30/h6-11,16,32-33H,2-5,12-15,17-19H2,1H3,(H,34,35)/b36-26+. The number of hydrogen-bond acceptors (Lipinski definition) is 8. The molecule has 0 saturated heterocycles. The first kappa shape index (κ1) is 29.9. The molecule has 2 heterocycles. The molecule has 212 valence electrons. The van der Waals surface area contributed by atoms with E-state index in [9.17, 15) is 13.2 Å². The smallest absolute Gasteiger partial charge is 0.422 e. The average molecular weight is 549 g/mol. The number of fused-ring (bicyclic) bond motifs is 15. The molecule has 9 nitrogen and oxygen atoms in total. The SMILES string of the molecule is C=N/C(=N\C1=N/CNCc2ccc(cc2)OCCCNCCCCOc2cc(ccc2C)N1)OCC(F)(F)F. The van der Waals surface area contributed by atoms with Gasteiger partial charge in [0.05, 0.1) is 19.9 Å². The molecule has 0 aromatic heterocycles. The van der Waals surface area contributed by atoms with Gasteiger partial charge in [0.1, 0.15) is 11.5 Å². The molecule has 2 aromatic carbocycles. The Morgan fingerprint density at radius 3 is 2.56 bits per heavy atom. The van der Waals surface area contributed by atoms with Gasteiger partial charge >= 0.3 is 12.2 Å². The summed E-state index contributed by atoms with van der Waals surface area (Å²) in [6, 6.07) is 12.6. The number of hydrogen-bond donors (Lipinski definition) is 3. The largest absolute Gasteiger partial charge is 0.494 e. The molecule has 4 rings (SSSR count). The number of alkyl halides is 3. The van der Waals surface area contributed by atoms with E-state index in [4.69, 9.17) is 9.47 Å². The number of nitrogens with one attached hydrogen (secondary N) is 3. The lowest BCUT2D eigenvalue weighted by Gasteiger charge is -2.13. The van der Waals surface area contributed by atoms with Gasteiger partial charge in [0.15, 0.2) is 6.61 Å². The molecular weight excluding hydrogens is 513 g/mol. The van der Waals surface area contributed by atoms with Crippen LogP contribution in [0.15, 0.2) is 57.4 Å². The Bertz CT molecular complexity index is 1110. The van der Waals surface area contributed by atoms with Gasteiger partial charge in [-0.3, -0.25) is 5.32 Å². The van der Waals surface area contributed by atoms with E-state index >= 15 is 0 Å². The lowest BCUT2D eigenvalue weighted by molar-refractivity contribution is -0.156. The van der Waals surface area contributed by atoms with Crippen LogP contribution in [0.25, 0.3) is 0 Å². The Kier molecular flexibility index (Phi) is 12.0. The summed E-state index contributed by atoms with van der Waals surface area (Å²) in [6.45, 7) is 7.21. The molecule has 39 heavy (non-hydrogen) atoms. The Morgan fingerprint density at radius 2 is 1.79 bits per heavy atom. The number of aryl methyl sites for hydroxylation is 1. The van der Waals surface area contributed by atoms with Gasteiger partial charge in [0.2, 0.25) is 5.96 Å². The van der Waals surface area contributed by atoms with Crippen LogP contribution < -0.4 is 25.4 Å². The fraction of sp³-hybridized carbons (Fsp3) is 0.444. The molecule has 4 bridgehead atoms. The quantitative estimate of drug-likeness (QED) is 0.354. The van der Waals surface area contributed by atoms with Crippen molar-refractivity contribution in [3.8, 4) is 11.5 Å². The van der Waals surface area contributed by atoms with Crippen molar-refractivity contribution in [3.05, 3.63) is 53.6 Å². The first-order valence-electron chi connectivity index (χ1n) is 12.8. The van der Waals surface area contributed by atoms with Gasteiger partial charge in [0, 0.05) is 18.3 Å². The summed E-state index contributed by atoms with van der Waals surface area (Å²) in [5.41, 5.74) is 2.55. The monoisotopic (exact) mass is 548 g/mol. The minimum atomic E-state index is -4.55. The minimum Gasteiger partial charge on any atom is -0.494 e. The van der Waals surface area contributed by atoms with Gasteiger partial charge < -0.3 is 24.8 Å². The van der Waals surface area contributed by atoms with E-state index in [1.807, 2.05) is 37.3 Å². The van der Waals surface area contributed by atoms with E-state index in [0.717, 1.165) is 49.2 Å². The summed E-state index contributed by atoms with van der Waals surface area (Å²) in [4.78, 5) is 11.8. The molecule has 2 aliphatic heterocycles. The van der Waals surface area contributed by atoms with Crippen molar-refractivity contribution in [2.45, 2.75) is 38.9 Å². The van der Waals surface area contributed by atoms with E-state index in [1.54, 1.807) is 12.1 Å². The molecule has 0 atom stereocenters. The van der Waals surface area contributed by atoms with Gasteiger partial charge in [-0.2, -0.15) is 18.2 Å². The van der Waals surface area contributed by atoms with Crippen LogP contribution in [0, 0.1) is 6.92 Å².